The van der Waals surface area contributed by atoms with Gasteiger partial charge in [-0.05, 0) is 30.7 Å². The number of carbonyl (C=O) groups is 1. The van der Waals surface area contributed by atoms with E-state index in [0.29, 0.717) is 29.9 Å². The molecule has 9 heteroatoms. The summed E-state index contributed by atoms with van der Waals surface area (Å²) in [7, 11) is 0. The second-order valence-electron chi connectivity index (χ2n) is 8.34. The van der Waals surface area contributed by atoms with E-state index in [0.717, 1.165) is 17.5 Å². The first kappa shape index (κ1) is 22.8. The standard InChI is InChI=1S/C24H20F5N3O/c1-11(2)9-16-24(31-15-8-7-12-5-3-4-6-13(12)23(15)30-16)32-17(33)10-14-18(25)20(27)22(29)21(28)19(14)26/h3-6,11H,7-10H2,1-2H3,(H,31,32,33). The number of hydrogen-bond acceptors (Lipinski definition) is 3. The molecule has 1 amide bonds. The average Bonchev–Trinajstić information content (AvgIpc) is 2.79. The quantitative estimate of drug-likeness (QED) is 0.318. The molecule has 0 saturated carbocycles. The molecule has 1 aliphatic rings. The molecule has 4 nitrogen and oxygen atoms in total. The molecule has 0 atom stereocenters. The van der Waals surface area contributed by atoms with Gasteiger partial charge in [0.05, 0.1) is 23.5 Å². The van der Waals surface area contributed by atoms with Crippen LogP contribution in [0.2, 0.25) is 0 Å². The summed E-state index contributed by atoms with van der Waals surface area (Å²) in [5, 5.41) is 2.46. The molecule has 0 fully saturated rings. The lowest BCUT2D eigenvalue weighted by Gasteiger charge is -2.21. The number of nitrogens with one attached hydrogen (secondary N) is 1. The lowest BCUT2D eigenvalue weighted by molar-refractivity contribution is -0.115. The molecule has 0 saturated heterocycles. The number of carbonyl (C=O) groups excluding carboxylic acids is 1. The number of halogens is 5. The van der Waals surface area contributed by atoms with Crippen LogP contribution in [-0.2, 0) is 30.5 Å². The Labute approximate surface area is 186 Å². The smallest absolute Gasteiger partial charge is 0.230 e. The van der Waals surface area contributed by atoms with Gasteiger partial charge in [0, 0.05) is 11.1 Å². The summed E-state index contributed by atoms with van der Waals surface area (Å²) >= 11 is 0. The molecule has 0 spiro atoms. The van der Waals surface area contributed by atoms with Crippen LogP contribution in [0.3, 0.4) is 0 Å². The van der Waals surface area contributed by atoms with Crippen molar-refractivity contribution in [2.45, 2.75) is 39.5 Å². The monoisotopic (exact) mass is 461 g/mol. The number of anilines is 1. The Morgan fingerprint density at radius 3 is 2.24 bits per heavy atom. The number of rotatable bonds is 5. The van der Waals surface area contributed by atoms with Gasteiger partial charge in [0.2, 0.25) is 11.7 Å². The number of amides is 1. The molecule has 2 aromatic carbocycles. The number of fused-ring (bicyclic) bond motifs is 3. The Morgan fingerprint density at radius 2 is 1.58 bits per heavy atom. The van der Waals surface area contributed by atoms with Crippen molar-refractivity contribution in [3.05, 3.63) is 75.9 Å². The first-order valence-corrected chi connectivity index (χ1v) is 10.5. The molecule has 172 valence electrons. The van der Waals surface area contributed by atoms with Crippen molar-refractivity contribution in [1.82, 2.24) is 9.97 Å². The van der Waals surface area contributed by atoms with Gasteiger partial charge in [-0.2, -0.15) is 0 Å². The third-order valence-electron chi connectivity index (χ3n) is 5.44. The molecule has 33 heavy (non-hydrogen) atoms. The van der Waals surface area contributed by atoms with E-state index in [-0.39, 0.29) is 11.7 Å². The lowest BCUT2D eigenvalue weighted by atomic mass is 9.91. The molecule has 3 aromatic rings. The van der Waals surface area contributed by atoms with Crippen molar-refractivity contribution < 1.29 is 26.7 Å². The number of nitrogens with zero attached hydrogens (tertiary/aromatic N) is 2. The Hall–Kier alpha value is -3.36. The Morgan fingerprint density at radius 1 is 0.939 bits per heavy atom. The van der Waals surface area contributed by atoms with Gasteiger partial charge in [-0.15, -0.1) is 0 Å². The Kier molecular flexibility index (Phi) is 6.14. The molecule has 0 aliphatic heterocycles. The summed E-state index contributed by atoms with van der Waals surface area (Å²) in [4.78, 5) is 21.8. The SMILES string of the molecule is CC(C)Cc1nc2c(nc1NC(=O)Cc1c(F)c(F)c(F)c(F)c1F)CCc1ccccc1-2. The first-order valence-electron chi connectivity index (χ1n) is 10.5. The minimum Gasteiger partial charge on any atom is -0.309 e. The van der Waals surface area contributed by atoms with Gasteiger partial charge in [-0.1, -0.05) is 38.1 Å². The van der Waals surface area contributed by atoms with Crippen LogP contribution < -0.4 is 5.32 Å². The Balaban J connectivity index is 1.68. The van der Waals surface area contributed by atoms with Gasteiger partial charge >= 0.3 is 0 Å². The van der Waals surface area contributed by atoms with E-state index >= 15 is 0 Å². The van der Waals surface area contributed by atoms with E-state index in [1.165, 1.54) is 0 Å². The van der Waals surface area contributed by atoms with Gasteiger partial charge in [-0.3, -0.25) is 4.79 Å². The van der Waals surface area contributed by atoms with E-state index in [9.17, 15) is 26.7 Å². The van der Waals surface area contributed by atoms with Crippen molar-refractivity contribution in [2.24, 2.45) is 5.92 Å². The molecular weight excluding hydrogens is 441 g/mol. The van der Waals surface area contributed by atoms with Crippen LogP contribution in [0.25, 0.3) is 11.3 Å². The number of benzene rings is 2. The minimum absolute atomic E-state index is 0.121. The highest BCUT2D eigenvalue weighted by molar-refractivity contribution is 5.92. The molecule has 0 radical (unpaired) electrons. The van der Waals surface area contributed by atoms with Gasteiger partial charge in [-0.25, -0.2) is 31.9 Å². The zero-order valence-corrected chi connectivity index (χ0v) is 17.9. The topological polar surface area (TPSA) is 54.9 Å². The second kappa shape index (κ2) is 8.88. The highest BCUT2D eigenvalue weighted by Crippen LogP contribution is 2.33. The zero-order chi connectivity index (χ0) is 23.9. The molecule has 1 N–H and O–H groups in total. The van der Waals surface area contributed by atoms with Gasteiger partial charge in [0.1, 0.15) is 0 Å². The van der Waals surface area contributed by atoms with E-state index in [4.69, 9.17) is 4.98 Å². The molecule has 0 unspecified atom stereocenters. The highest BCUT2D eigenvalue weighted by Gasteiger charge is 2.28. The molecule has 4 rings (SSSR count). The van der Waals surface area contributed by atoms with E-state index < -0.39 is 47.0 Å². The largest absolute Gasteiger partial charge is 0.309 e. The zero-order valence-electron chi connectivity index (χ0n) is 17.9. The summed E-state index contributed by atoms with van der Waals surface area (Å²) in [6.07, 6.45) is 0.732. The van der Waals surface area contributed by atoms with Crippen molar-refractivity contribution in [2.75, 3.05) is 5.32 Å². The van der Waals surface area contributed by atoms with E-state index in [1.807, 2.05) is 38.1 Å². The second-order valence-corrected chi connectivity index (χ2v) is 8.34. The highest BCUT2D eigenvalue weighted by atomic mass is 19.2. The van der Waals surface area contributed by atoms with Crippen LogP contribution in [0.15, 0.2) is 24.3 Å². The average molecular weight is 461 g/mol. The number of hydrogen-bond donors (Lipinski definition) is 1. The van der Waals surface area contributed by atoms with Crippen molar-refractivity contribution in [3.63, 3.8) is 0 Å². The van der Waals surface area contributed by atoms with Gasteiger partial charge < -0.3 is 5.32 Å². The van der Waals surface area contributed by atoms with Gasteiger partial charge in [0.25, 0.3) is 0 Å². The van der Waals surface area contributed by atoms with Gasteiger partial charge in [0.15, 0.2) is 29.1 Å². The van der Waals surface area contributed by atoms with Crippen molar-refractivity contribution in [3.8, 4) is 11.3 Å². The molecule has 1 heterocycles. The maximum atomic E-state index is 14.0. The third-order valence-corrected chi connectivity index (χ3v) is 5.44. The van der Waals surface area contributed by atoms with Crippen LogP contribution in [-0.4, -0.2) is 15.9 Å². The van der Waals surface area contributed by atoms with E-state index in [1.54, 1.807) is 0 Å². The molecular formula is C24H20F5N3O. The maximum Gasteiger partial charge on any atom is 0.230 e. The van der Waals surface area contributed by atoms with Crippen molar-refractivity contribution >= 4 is 11.7 Å². The molecule has 1 aromatic heterocycles. The van der Waals surface area contributed by atoms with Crippen LogP contribution in [0.1, 0.15) is 36.4 Å². The van der Waals surface area contributed by atoms with Crippen LogP contribution in [0.4, 0.5) is 27.8 Å². The maximum absolute atomic E-state index is 14.0. The van der Waals surface area contributed by atoms with Crippen LogP contribution in [0.5, 0.6) is 0 Å². The minimum atomic E-state index is -2.27. The molecule has 0 bridgehead atoms. The summed E-state index contributed by atoms with van der Waals surface area (Å²) in [6.45, 7) is 3.91. The van der Waals surface area contributed by atoms with Crippen LogP contribution >= 0.6 is 0 Å². The first-order chi connectivity index (χ1) is 15.7. The third kappa shape index (κ3) is 4.31. The summed E-state index contributed by atoms with van der Waals surface area (Å²) < 4.78 is 68.2. The van der Waals surface area contributed by atoms with Crippen LogP contribution in [0, 0.1) is 35.0 Å². The predicted molar refractivity (Wildman–Crippen MR) is 112 cm³/mol. The predicted octanol–water partition coefficient (Wildman–Crippen LogP) is 5.32. The fourth-order valence-electron chi connectivity index (χ4n) is 3.89. The summed E-state index contributed by atoms with van der Waals surface area (Å²) in [5.41, 5.74) is 2.74. The lowest BCUT2D eigenvalue weighted by Crippen LogP contribution is -2.22. The number of aryl methyl sites for hydroxylation is 2. The summed E-state index contributed by atoms with van der Waals surface area (Å²) in [5.74, 6) is -11.2. The fraction of sp³-hybridized carbons (Fsp3) is 0.292. The van der Waals surface area contributed by atoms with E-state index in [2.05, 4.69) is 10.3 Å². The number of aromatic nitrogens is 2. The normalized spacial score (nSPS) is 12.5. The Bertz CT molecular complexity index is 1230. The molecule has 1 aliphatic carbocycles. The van der Waals surface area contributed by atoms with Crippen molar-refractivity contribution in [1.29, 1.82) is 0 Å². The fourth-order valence-corrected chi connectivity index (χ4v) is 3.89. The summed E-state index contributed by atoms with van der Waals surface area (Å²) in [6, 6.07) is 7.81.